The summed E-state index contributed by atoms with van der Waals surface area (Å²) in [5, 5.41) is 0. The van der Waals surface area contributed by atoms with E-state index in [2.05, 4.69) is 38.3 Å². The number of hydrogen-bond acceptors (Lipinski definition) is 1. The Hall–Kier alpha value is -0.760. The molecule has 2 heteroatoms. The molecular formula is C17H30N2. The fourth-order valence-corrected chi connectivity index (χ4v) is 4.08. The van der Waals surface area contributed by atoms with Crippen molar-refractivity contribution in [2.45, 2.75) is 71.8 Å². The summed E-state index contributed by atoms with van der Waals surface area (Å²) in [6, 6.07) is 2.93. The molecule has 1 aromatic heterocycles. The first-order chi connectivity index (χ1) is 9.06. The number of nitrogens with zero attached hydrogens (tertiary/aromatic N) is 1. The summed E-state index contributed by atoms with van der Waals surface area (Å²) in [4.78, 5) is 0. The van der Waals surface area contributed by atoms with Crippen molar-refractivity contribution in [2.75, 3.05) is 6.54 Å². The lowest BCUT2D eigenvalue weighted by Crippen LogP contribution is -2.24. The van der Waals surface area contributed by atoms with E-state index in [-0.39, 0.29) is 0 Å². The zero-order chi connectivity index (χ0) is 14.0. The standard InChI is InChI=1S/C17H30N2/c1-12(2)19-13(3)10-16(14(19)4)17(11-18)15-8-6-5-7-9-15/h10,12,15,17H,5-9,11,18H2,1-4H3. The van der Waals surface area contributed by atoms with Crippen molar-refractivity contribution in [3.05, 3.63) is 23.0 Å². The highest BCUT2D eigenvalue weighted by Crippen LogP contribution is 2.38. The summed E-state index contributed by atoms with van der Waals surface area (Å²) < 4.78 is 2.46. The number of nitrogens with two attached hydrogens (primary N) is 1. The molecule has 0 saturated heterocycles. The van der Waals surface area contributed by atoms with Gasteiger partial charge < -0.3 is 10.3 Å². The van der Waals surface area contributed by atoms with Gasteiger partial charge in [-0.1, -0.05) is 19.3 Å². The van der Waals surface area contributed by atoms with E-state index in [0.29, 0.717) is 12.0 Å². The number of hydrogen-bond donors (Lipinski definition) is 1. The second-order valence-electron chi connectivity index (χ2n) is 6.53. The molecule has 0 aliphatic heterocycles. The van der Waals surface area contributed by atoms with Gasteiger partial charge in [0, 0.05) is 23.3 Å². The zero-order valence-corrected chi connectivity index (χ0v) is 13.1. The first-order valence-electron chi connectivity index (χ1n) is 7.94. The highest BCUT2D eigenvalue weighted by molar-refractivity contribution is 5.31. The summed E-state index contributed by atoms with van der Waals surface area (Å²) in [5.41, 5.74) is 10.5. The van der Waals surface area contributed by atoms with Crippen LogP contribution < -0.4 is 5.73 Å². The molecule has 1 aliphatic rings. The Bertz CT molecular complexity index is 411. The average Bonchev–Trinajstić information content (AvgIpc) is 2.67. The molecule has 108 valence electrons. The van der Waals surface area contributed by atoms with Gasteiger partial charge in [0.05, 0.1) is 0 Å². The minimum absolute atomic E-state index is 0.540. The van der Waals surface area contributed by atoms with Gasteiger partial charge in [-0.3, -0.25) is 0 Å². The third-order valence-electron chi connectivity index (χ3n) is 4.91. The average molecular weight is 262 g/mol. The van der Waals surface area contributed by atoms with Crippen molar-refractivity contribution in [1.29, 1.82) is 0 Å². The van der Waals surface area contributed by atoms with E-state index in [1.54, 1.807) is 0 Å². The molecule has 1 aromatic rings. The van der Waals surface area contributed by atoms with E-state index >= 15 is 0 Å². The van der Waals surface area contributed by atoms with E-state index in [0.717, 1.165) is 12.5 Å². The van der Waals surface area contributed by atoms with E-state index in [1.807, 2.05) is 0 Å². The number of rotatable bonds is 4. The first-order valence-corrected chi connectivity index (χ1v) is 7.94. The first kappa shape index (κ1) is 14.6. The van der Waals surface area contributed by atoms with Crippen LogP contribution in [0.3, 0.4) is 0 Å². The van der Waals surface area contributed by atoms with Crippen LogP contribution in [0.2, 0.25) is 0 Å². The molecule has 0 aromatic carbocycles. The van der Waals surface area contributed by atoms with Crippen LogP contribution in [0.1, 0.15) is 74.9 Å². The van der Waals surface area contributed by atoms with E-state index in [4.69, 9.17) is 5.73 Å². The smallest absolute Gasteiger partial charge is 0.0279 e. The Morgan fingerprint density at radius 3 is 2.32 bits per heavy atom. The van der Waals surface area contributed by atoms with Crippen LogP contribution in [0.25, 0.3) is 0 Å². The third kappa shape index (κ3) is 2.89. The zero-order valence-electron chi connectivity index (χ0n) is 13.1. The molecule has 19 heavy (non-hydrogen) atoms. The largest absolute Gasteiger partial charge is 0.346 e. The van der Waals surface area contributed by atoms with E-state index in [1.165, 1.54) is 49.1 Å². The Kier molecular flexibility index (Phi) is 4.72. The van der Waals surface area contributed by atoms with Gasteiger partial charge in [0.2, 0.25) is 0 Å². The third-order valence-corrected chi connectivity index (χ3v) is 4.91. The second kappa shape index (κ2) is 6.13. The SMILES string of the molecule is Cc1cc(C(CN)C2CCCCC2)c(C)n1C(C)C. The highest BCUT2D eigenvalue weighted by Gasteiger charge is 2.27. The molecule has 0 radical (unpaired) electrons. The minimum atomic E-state index is 0.540. The summed E-state index contributed by atoms with van der Waals surface area (Å²) in [6.07, 6.45) is 6.94. The Balaban J connectivity index is 2.30. The molecule has 2 nitrogen and oxygen atoms in total. The van der Waals surface area contributed by atoms with Crippen LogP contribution in [0.15, 0.2) is 6.07 Å². The van der Waals surface area contributed by atoms with Crippen molar-refractivity contribution in [3.8, 4) is 0 Å². The second-order valence-corrected chi connectivity index (χ2v) is 6.53. The molecule has 0 amide bonds. The van der Waals surface area contributed by atoms with Crippen LogP contribution >= 0.6 is 0 Å². The highest BCUT2D eigenvalue weighted by atomic mass is 15.0. The number of aryl methyl sites for hydroxylation is 1. The maximum Gasteiger partial charge on any atom is 0.0279 e. The maximum atomic E-state index is 6.13. The lowest BCUT2D eigenvalue weighted by Gasteiger charge is -2.30. The van der Waals surface area contributed by atoms with Gasteiger partial charge in [0.15, 0.2) is 0 Å². The fraction of sp³-hybridized carbons (Fsp3) is 0.765. The molecule has 2 N–H and O–H groups in total. The monoisotopic (exact) mass is 262 g/mol. The van der Waals surface area contributed by atoms with Crippen molar-refractivity contribution in [2.24, 2.45) is 11.7 Å². The molecule has 1 fully saturated rings. The van der Waals surface area contributed by atoms with Gasteiger partial charge in [-0.05, 0) is 64.6 Å². The molecule has 1 heterocycles. The molecule has 0 bridgehead atoms. The molecule has 0 spiro atoms. The lowest BCUT2D eigenvalue weighted by atomic mass is 9.77. The van der Waals surface area contributed by atoms with Crippen molar-refractivity contribution < 1.29 is 0 Å². The summed E-state index contributed by atoms with van der Waals surface area (Å²) in [5.74, 6) is 1.37. The number of aromatic nitrogens is 1. The van der Waals surface area contributed by atoms with Gasteiger partial charge in [0.1, 0.15) is 0 Å². The predicted octanol–water partition coefficient (Wildman–Crippen LogP) is 4.31. The van der Waals surface area contributed by atoms with Crippen LogP contribution in [0, 0.1) is 19.8 Å². The maximum absolute atomic E-state index is 6.13. The molecule has 1 saturated carbocycles. The Labute approximate surface area is 118 Å². The van der Waals surface area contributed by atoms with Crippen LogP contribution in [0.5, 0.6) is 0 Å². The molecule has 2 rings (SSSR count). The predicted molar refractivity (Wildman–Crippen MR) is 82.7 cm³/mol. The normalized spacial score (nSPS) is 19.1. The summed E-state index contributed by atoms with van der Waals surface area (Å²) in [6.45, 7) is 9.83. The van der Waals surface area contributed by atoms with Gasteiger partial charge in [-0.2, -0.15) is 0 Å². The Morgan fingerprint density at radius 2 is 1.84 bits per heavy atom. The lowest BCUT2D eigenvalue weighted by molar-refractivity contribution is 0.306. The molecule has 1 unspecified atom stereocenters. The van der Waals surface area contributed by atoms with E-state index in [9.17, 15) is 0 Å². The fourth-order valence-electron chi connectivity index (χ4n) is 4.08. The molecular weight excluding hydrogens is 232 g/mol. The van der Waals surface area contributed by atoms with Crippen LogP contribution in [-0.2, 0) is 0 Å². The summed E-state index contributed by atoms with van der Waals surface area (Å²) in [7, 11) is 0. The van der Waals surface area contributed by atoms with Crippen LogP contribution in [-0.4, -0.2) is 11.1 Å². The minimum Gasteiger partial charge on any atom is -0.346 e. The Morgan fingerprint density at radius 1 is 1.21 bits per heavy atom. The summed E-state index contributed by atoms with van der Waals surface area (Å²) >= 11 is 0. The van der Waals surface area contributed by atoms with Crippen molar-refractivity contribution in [1.82, 2.24) is 4.57 Å². The molecule has 1 atom stereocenters. The van der Waals surface area contributed by atoms with Crippen LogP contribution in [0.4, 0.5) is 0 Å². The quantitative estimate of drug-likeness (QED) is 0.861. The van der Waals surface area contributed by atoms with Gasteiger partial charge in [-0.15, -0.1) is 0 Å². The van der Waals surface area contributed by atoms with Crippen molar-refractivity contribution in [3.63, 3.8) is 0 Å². The van der Waals surface area contributed by atoms with Gasteiger partial charge in [0.25, 0.3) is 0 Å². The van der Waals surface area contributed by atoms with E-state index < -0.39 is 0 Å². The van der Waals surface area contributed by atoms with Gasteiger partial charge in [-0.25, -0.2) is 0 Å². The van der Waals surface area contributed by atoms with Gasteiger partial charge >= 0.3 is 0 Å². The topological polar surface area (TPSA) is 30.9 Å². The molecule has 1 aliphatic carbocycles. The van der Waals surface area contributed by atoms with Crippen molar-refractivity contribution >= 4 is 0 Å².